The van der Waals surface area contributed by atoms with Crippen LogP contribution in [0.1, 0.15) is 31.0 Å². The van der Waals surface area contributed by atoms with Crippen molar-refractivity contribution in [3.63, 3.8) is 0 Å². The largest absolute Gasteiger partial charge is 0.388 e. The third-order valence-electron chi connectivity index (χ3n) is 4.83. The van der Waals surface area contributed by atoms with E-state index in [0.29, 0.717) is 25.3 Å². The molecule has 0 radical (unpaired) electrons. The summed E-state index contributed by atoms with van der Waals surface area (Å²) in [4.78, 5) is 1.92. The summed E-state index contributed by atoms with van der Waals surface area (Å²) in [5.74, 6) is 0.548. The molecule has 2 N–H and O–H groups in total. The van der Waals surface area contributed by atoms with E-state index < -0.39 is 24.5 Å². The van der Waals surface area contributed by atoms with Gasteiger partial charge in [-0.25, -0.2) is 4.68 Å². The first kappa shape index (κ1) is 19.4. The average Bonchev–Trinajstić information content (AvgIpc) is 3.46. The second-order valence-corrected chi connectivity index (χ2v) is 7.13. The molecule has 29 heavy (non-hydrogen) atoms. The lowest BCUT2D eigenvalue weighted by molar-refractivity contribution is -0.0458. The summed E-state index contributed by atoms with van der Waals surface area (Å²) < 4.78 is 10.4. The topological polar surface area (TPSA) is 145 Å². The maximum Gasteiger partial charge on any atom is 0.180 e. The number of anilines is 1. The predicted molar refractivity (Wildman–Crippen MR) is 98.1 cm³/mol. The highest BCUT2D eigenvalue weighted by molar-refractivity contribution is 5.36. The first-order valence-electron chi connectivity index (χ1n) is 9.33. The first-order chi connectivity index (χ1) is 13.9. The van der Waals surface area contributed by atoms with Crippen LogP contribution >= 0.6 is 0 Å². The van der Waals surface area contributed by atoms with Gasteiger partial charge >= 0.3 is 0 Å². The van der Waals surface area contributed by atoms with E-state index in [9.17, 15) is 10.2 Å². The maximum absolute atomic E-state index is 10.3. The van der Waals surface area contributed by atoms with Crippen molar-refractivity contribution in [2.75, 3.05) is 4.90 Å². The number of hydrogen-bond donors (Lipinski definition) is 2. The Morgan fingerprint density at radius 3 is 2.03 bits per heavy atom. The number of hydrogen-bond acceptors (Lipinski definition) is 10. The molecule has 13 heteroatoms. The number of aliphatic hydroxyl groups is 2. The lowest BCUT2D eigenvalue weighted by atomic mass is 10.1. The van der Waals surface area contributed by atoms with Gasteiger partial charge in [0.15, 0.2) is 12.0 Å². The number of ether oxygens (including phenoxy) is 1. The summed E-state index contributed by atoms with van der Waals surface area (Å²) >= 11 is 0. The van der Waals surface area contributed by atoms with Crippen molar-refractivity contribution in [1.82, 2.24) is 45.0 Å². The molecule has 0 bridgehead atoms. The van der Waals surface area contributed by atoms with Crippen LogP contribution in [0.2, 0.25) is 0 Å². The minimum atomic E-state index is -1.08. The van der Waals surface area contributed by atoms with Gasteiger partial charge in [0, 0.05) is 26.5 Å². The highest BCUT2D eigenvalue weighted by Gasteiger charge is 2.43. The second kappa shape index (κ2) is 7.85. The summed E-state index contributed by atoms with van der Waals surface area (Å²) in [6.45, 7) is 2.74. The van der Waals surface area contributed by atoms with Crippen molar-refractivity contribution in [2.45, 2.75) is 51.0 Å². The van der Waals surface area contributed by atoms with Crippen molar-refractivity contribution < 1.29 is 14.9 Å². The Labute approximate surface area is 166 Å². The Bertz CT molecular complexity index is 910. The van der Waals surface area contributed by atoms with E-state index in [-0.39, 0.29) is 0 Å². The van der Waals surface area contributed by atoms with E-state index >= 15 is 0 Å². The maximum atomic E-state index is 10.3. The number of aromatic nitrogens is 9. The van der Waals surface area contributed by atoms with Crippen LogP contribution in [0.25, 0.3) is 0 Å². The van der Waals surface area contributed by atoms with Gasteiger partial charge in [-0.15, -0.1) is 15.3 Å². The summed E-state index contributed by atoms with van der Waals surface area (Å²) in [6, 6.07) is 0. The molecule has 3 aromatic rings. The zero-order valence-electron chi connectivity index (χ0n) is 16.4. The SMILES string of the molecule is CC[C@H]1O[C@@H](n2cc(N(Cc3cn(C)nn3)Cc3cn(C)nn3)nn2)C(O)[C@H]1O. The molecule has 0 spiro atoms. The van der Waals surface area contributed by atoms with E-state index in [1.807, 2.05) is 24.2 Å². The number of rotatable bonds is 7. The lowest BCUT2D eigenvalue weighted by Crippen LogP contribution is -2.31. The van der Waals surface area contributed by atoms with Gasteiger partial charge in [-0.3, -0.25) is 9.36 Å². The highest BCUT2D eigenvalue weighted by atomic mass is 16.6. The Morgan fingerprint density at radius 2 is 1.55 bits per heavy atom. The third-order valence-corrected chi connectivity index (χ3v) is 4.83. The van der Waals surface area contributed by atoms with Crippen LogP contribution in [0, 0.1) is 0 Å². The molecule has 4 heterocycles. The van der Waals surface area contributed by atoms with Crippen molar-refractivity contribution in [2.24, 2.45) is 14.1 Å². The molecule has 0 aromatic carbocycles. The van der Waals surface area contributed by atoms with Crippen LogP contribution in [0.4, 0.5) is 5.82 Å². The summed E-state index contributed by atoms with van der Waals surface area (Å²) in [6.07, 6.45) is 2.60. The Hall–Kier alpha value is -2.90. The number of aliphatic hydroxyl groups excluding tert-OH is 2. The molecule has 0 amide bonds. The van der Waals surface area contributed by atoms with Crippen LogP contribution in [-0.4, -0.2) is 73.5 Å². The molecule has 3 aromatic heterocycles. The zero-order chi connectivity index (χ0) is 20.5. The average molecular weight is 404 g/mol. The van der Waals surface area contributed by atoms with Crippen LogP contribution in [0.15, 0.2) is 18.6 Å². The van der Waals surface area contributed by atoms with E-state index in [1.54, 1.807) is 29.7 Å². The zero-order valence-corrected chi connectivity index (χ0v) is 16.4. The monoisotopic (exact) mass is 404 g/mol. The number of aryl methyl sites for hydroxylation is 2. The molecule has 1 fully saturated rings. The molecule has 1 saturated heterocycles. The summed E-state index contributed by atoms with van der Waals surface area (Å²) in [7, 11) is 3.60. The van der Waals surface area contributed by atoms with Crippen LogP contribution in [-0.2, 0) is 31.9 Å². The van der Waals surface area contributed by atoms with Crippen molar-refractivity contribution >= 4 is 5.82 Å². The van der Waals surface area contributed by atoms with E-state index in [0.717, 1.165) is 11.4 Å². The minimum absolute atomic E-state index is 0.428. The molecular formula is C16H24N10O3. The normalized spacial score (nSPS) is 24.3. The molecular weight excluding hydrogens is 380 g/mol. The smallest absolute Gasteiger partial charge is 0.180 e. The molecule has 1 unspecified atom stereocenters. The van der Waals surface area contributed by atoms with Gasteiger partial charge in [0.1, 0.15) is 23.6 Å². The van der Waals surface area contributed by atoms with E-state index in [4.69, 9.17) is 4.74 Å². The predicted octanol–water partition coefficient (Wildman–Crippen LogP) is -1.23. The Balaban J connectivity index is 1.57. The van der Waals surface area contributed by atoms with Crippen molar-refractivity contribution in [3.8, 4) is 0 Å². The van der Waals surface area contributed by atoms with E-state index in [2.05, 4.69) is 30.9 Å². The summed E-state index contributed by atoms with van der Waals surface area (Å²) in [5, 5.41) is 45.0. The lowest BCUT2D eigenvalue weighted by Gasteiger charge is -2.19. The van der Waals surface area contributed by atoms with Gasteiger partial charge in [0.2, 0.25) is 0 Å². The Morgan fingerprint density at radius 1 is 0.931 bits per heavy atom. The fraction of sp³-hybridized carbons (Fsp3) is 0.625. The number of nitrogens with zero attached hydrogens (tertiary/aromatic N) is 10. The molecule has 1 aliphatic rings. The van der Waals surface area contributed by atoms with Gasteiger partial charge < -0.3 is 19.8 Å². The fourth-order valence-electron chi connectivity index (χ4n) is 3.37. The van der Waals surface area contributed by atoms with Gasteiger partial charge in [-0.1, -0.05) is 22.6 Å². The van der Waals surface area contributed by atoms with Crippen LogP contribution < -0.4 is 4.90 Å². The van der Waals surface area contributed by atoms with Crippen LogP contribution in [0.3, 0.4) is 0 Å². The molecule has 13 nitrogen and oxygen atoms in total. The third kappa shape index (κ3) is 3.97. The van der Waals surface area contributed by atoms with Gasteiger partial charge in [0.25, 0.3) is 0 Å². The fourth-order valence-corrected chi connectivity index (χ4v) is 3.37. The van der Waals surface area contributed by atoms with Gasteiger partial charge in [-0.05, 0) is 6.42 Å². The Kier molecular flexibility index (Phi) is 5.25. The first-order valence-corrected chi connectivity index (χ1v) is 9.33. The van der Waals surface area contributed by atoms with Gasteiger partial charge in [0.05, 0.1) is 25.4 Å². The molecule has 0 saturated carbocycles. The molecule has 4 rings (SSSR count). The second-order valence-electron chi connectivity index (χ2n) is 7.13. The summed E-state index contributed by atoms with van der Waals surface area (Å²) in [5.41, 5.74) is 1.51. The quantitative estimate of drug-likeness (QED) is 0.491. The van der Waals surface area contributed by atoms with Crippen LogP contribution in [0.5, 0.6) is 0 Å². The molecule has 0 aliphatic carbocycles. The molecule has 1 aliphatic heterocycles. The standard InChI is InChI=1S/C16H24N10O3/c1-4-12-14(27)15(28)16(29-12)26-9-13(19-22-26)25(7-10-5-23(2)20-17-10)8-11-6-24(3)21-18-11/h5-6,9,12,14-16,27-28H,4,7-8H2,1-3H3/t12-,14+,15?,16-/m1/s1. The van der Waals surface area contributed by atoms with Gasteiger partial charge in [-0.2, -0.15) is 0 Å². The molecule has 156 valence electrons. The van der Waals surface area contributed by atoms with E-state index in [1.165, 1.54) is 4.68 Å². The van der Waals surface area contributed by atoms with Crippen molar-refractivity contribution in [1.29, 1.82) is 0 Å². The molecule has 4 atom stereocenters. The highest BCUT2D eigenvalue weighted by Crippen LogP contribution is 2.31. The van der Waals surface area contributed by atoms with Crippen molar-refractivity contribution in [3.05, 3.63) is 30.0 Å². The minimum Gasteiger partial charge on any atom is -0.388 e.